The van der Waals surface area contributed by atoms with E-state index in [9.17, 15) is 22.4 Å². The van der Waals surface area contributed by atoms with Gasteiger partial charge in [0.15, 0.2) is 5.78 Å². The van der Waals surface area contributed by atoms with Crippen molar-refractivity contribution in [3.05, 3.63) is 82.7 Å². The smallest absolute Gasteiger partial charge is 0.291 e. The summed E-state index contributed by atoms with van der Waals surface area (Å²) in [6, 6.07) is 7.49. The molecule has 0 amide bonds. The van der Waals surface area contributed by atoms with Crippen LogP contribution in [0.2, 0.25) is 0 Å². The maximum Gasteiger partial charge on any atom is 0.416 e. The van der Waals surface area contributed by atoms with Gasteiger partial charge >= 0.3 is 6.18 Å². The van der Waals surface area contributed by atoms with Gasteiger partial charge in [0, 0.05) is 19.3 Å². The Morgan fingerprint density at radius 2 is 1.91 bits per heavy atom. The number of pyridine rings is 1. The zero-order valence-corrected chi connectivity index (χ0v) is 17.9. The second kappa shape index (κ2) is 7.78. The number of aromatic nitrogens is 3. The normalized spacial score (nSPS) is 20.7. The maximum absolute atomic E-state index is 13.7. The Balaban J connectivity index is 1.59. The molecule has 3 aromatic rings. The molecule has 0 spiro atoms. The number of nitrogens with zero attached hydrogens (tertiary/aromatic N) is 4. The van der Waals surface area contributed by atoms with E-state index in [0.717, 1.165) is 35.2 Å². The van der Waals surface area contributed by atoms with Crippen LogP contribution in [0.15, 0.2) is 54.4 Å². The van der Waals surface area contributed by atoms with E-state index in [2.05, 4.69) is 10.1 Å². The Morgan fingerprint density at radius 3 is 2.64 bits per heavy atom. The van der Waals surface area contributed by atoms with Gasteiger partial charge in [-0.05, 0) is 72.7 Å². The molecule has 170 valence electrons. The van der Waals surface area contributed by atoms with Crippen LogP contribution in [0.5, 0.6) is 0 Å². The fourth-order valence-electron chi connectivity index (χ4n) is 4.57. The minimum absolute atomic E-state index is 0.137. The Morgan fingerprint density at radius 1 is 1.15 bits per heavy atom. The number of piperidine rings is 1. The molecule has 0 radical (unpaired) electrons. The lowest BCUT2D eigenvalue weighted by Crippen LogP contribution is -2.49. The highest BCUT2D eigenvalue weighted by molar-refractivity contribution is 6.14. The molecule has 1 fully saturated rings. The lowest BCUT2D eigenvalue weighted by atomic mass is 9.65. The lowest BCUT2D eigenvalue weighted by molar-refractivity contribution is -0.137. The first-order chi connectivity index (χ1) is 15.7. The number of ketones is 1. The topological polar surface area (TPSA) is 51.0 Å². The fraction of sp³-hybridized carbons (Fsp3) is 0.261. The van der Waals surface area contributed by atoms with Crippen LogP contribution in [0.3, 0.4) is 0 Å². The van der Waals surface area contributed by atoms with Gasteiger partial charge in [0.2, 0.25) is 0 Å². The Kier molecular flexibility index (Phi) is 5.13. The summed E-state index contributed by atoms with van der Waals surface area (Å²) in [5.41, 5.74) is 0.581. The molecule has 2 aromatic heterocycles. The van der Waals surface area contributed by atoms with Gasteiger partial charge < -0.3 is 0 Å². The van der Waals surface area contributed by atoms with Gasteiger partial charge in [0.1, 0.15) is 11.5 Å². The highest BCUT2D eigenvalue weighted by atomic mass is 35.5. The highest BCUT2D eigenvalue weighted by Gasteiger charge is 2.49. The fourth-order valence-corrected chi connectivity index (χ4v) is 4.86. The largest absolute Gasteiger partial charge is 0.416 e. The number of rotatable bonds is 3. The highest BCUT2D eigenvalue weighted by Crippen LogP contribution is 2.46. The number of Topliss-reactive ketones (excluding diaryl/α,β-unsaturated/α-hetero) is 1. The number of hydrogen-bond donors (Lipinski definition) is 0. The summed E-state index contributed by atoms with van der Waals surface area (Å²) in [6.07, 6.45) is 0.559. The quantitative estimate of drug-likeness (QED) is 0.300. The van der Waals surface area contributed by atoms with E-state index < -0.39 is 22.9 Å². The third-order valence-electron chi connectivity index (χ3n) is 6.20. The number of carbonyl (C=O) groups excluding carboxylic acids is 1. The molecule has 0 saturated carbocycles. The van der Waals surface area contributed by atoms with Crippen LogP contribution in [0.4, 0.5) is 17.6 Å². The van der Waals surface area contributed by atoms with E-state index in [1.54, 1.807) is 23.0 Å². The molecule has 2 aliphatic rings. The van der Waals surface area contributed by atoms with Gasteiger partial charge in [0.05, 0.1) is 28.6 Å². The van der Waals surface area contributed by atoms with Gasteiger partial charge in [0.25, 0.3) is 0 Å². The molecule has 1 aliphatic carbocycles. The Bertz CT molecular complexity index is 1270. The van der Waals surface area contributed by atoms with Gasteiger partial charge in [-0.2, -0.15) is 18.3 Å². The second-order valence-corrected chi connectivity index (χ2v) is 8.70. The maximum atomic E-state index is 13.7. The SMILES string of the molecule is O=C(c1cc(C(F)(F)F)ccn1)[C@]12Cc3cnn(-c4ccc(F)cc4)c3C=C1CCN(Cl)C2. The zero-order valence-electron chi connectivity index (χ0n) is 17.1. The third kappa shape index (κ3) is 3.75. The van der Waals surface area contributed by atoms with Crippen molar-refractivity contribution in [2.75, 3.05) is 13.1 Å². The van der Waals surface area contributed by atoms with E-state index >= 15 is 0 Å². The van der Waals surface area contributed by atoms with Crippen molar-refractivity contribution in [3.8, 4) is 5.69 Å². The first kappa shape index (κ1) is 21.8. The monoisotopic (exact) mass is 476 g/mol. The van der Waals surface area contributed by atoms with Gasteiger partial charge in [-0.25, -0.2) is 13.5 Å². The van der Waals surface area contributed by atoms with Crippen LogP contribution < -0.4 is 0 Å². The van der Waals surface area contributed by atoms with Crippen molar-refractivity contribution in [2.45, 2.75) is 19.0 Å². The van der Waals surface area contributed by atoms with Crippen molar-refractivity contribution in [2.24, 2.45) is 5.41 Å². The van der Waals surface area contributed by atoms with E-state index in [1.807, 2.05) is 6.08 Å². The summed E-state index contributed by atoms with van der Waals surface area (Å²) in [5.74, 6) is -0.879. The molecule has 1 atom stereocenters. The van der Waals surface area contributed by atoms with Crippen molar-refractivity contribution in [3.63, 3.8) is 0 Å². The number of halogens is 5. The number of fused-ring (bicyclic) bond motifs is 2. The lowest BCUT2D eigenvalue weighted by Gasteiger charge is -2.43. The van der Waals surface area contributed by atoms with Crippen molar-refractivity contribution in [1.29, 1.82) is 0 Å². The summed E-state index contributed by atoms with van der Waals surface area (Å²) in [5, 5.41) is 4.41. The standard InChI is InChI=1S/C23H17ClF4N4O/c24-31-8-6-15-10-20-14(12-30-32(20)18-3-1-17(25)2-4-18)11-22(15,13-31)21(33)19-9-16(5-7-29-19)23(26,27)28/h1-5,7,9-10,12H,6,8,11,13H2/t22-/m0/s1. The first-order valence-electron chi connectivity index (χ1n) is 10.2. The van der Waals surface area contributed by atoms with Gasteiger partial charge in [-0.15, -0.1) is 0 Å². The van der Waals surface area contributed by atoms with Crippen LogP contribution in [-0.4, -0.2) is 38.1 Å². The Labute approximate surface area is 191 Å². The molecule has 10 heteroatoms. The summed E-state index contributed by atoms with van der Waals surface area (Å²) in [7, 11) is 0. The van der Waals surface area contributed by atoms with Crippen molar-refractivity contribution < 1.29 is 22.4 Å². The van der Waals surface area contributed by atoms with Crippen LogP contribution in [0.25, 0.3) is 11.8 Å². The molecule has 5 nitrogen and oxygen atoms in total. The molecule has 1 aromatic carbocycles. The minimum atomic E-state index is -4.59. The Hall–Kier alpha value is -3.04. The molecular weight excluding hydrogens is 460 g/mol. The number of alkyl halides is 3. The second-order valence-electron chi connectivity index (χ2n) is 8.22. The van der Waals surface area contributed by atoms with Gasteiger partial charge in [-0.3, -0.25) is 9.78 Å². The van der Waals surface area contributed by atoms with E-state index in [0.29, 0.717) is 18.7 Å². The van der Waals surface area contributed by atoms with E-state index in [4.69, 9.17) is 11.8 Å². The molecule has 0 N–H and O–H groups in total. The van der Waals surface area contributed by atoms with E-state index in [-0.39, 0.29) is 24.5 Å². The van der Waals surface area contributed by atoms with Crippen LogP contribution >= 0.6 is 11.8 Å². The molecule has 1 aliphatic heterocycles. The van der Waals surface area contributed by atoms with Crippen molar-refractivity contribution >= 4 is 23.6 Å². The van der Waals surface area contributed by atoms with Crippen molar-refractivity contribution in [1.82, 2.24) is 19.2 Å². The molecule has 0 bridgehead atoms. The van der Waals surface area contributed by atoms with Crippen LogP contribution in [-0.2, 0) is 12.6 Å². The van der Waals surface area contributed by atoms with Crippen LogP contribution in [0, 0.1) is 11.2 Å². The first-order valence-corrected chi connectivity index (χ1v) is 10.5. The average molecular weight is 477 g/mol. The predicted molar refractivity (Wildman–Crippen MR) is 113 cm³/mol. The number of benzene rings is 1. The van der Waals surface area contributed by atoms with Gasteiger partial charge in [-0.1, -0.05) is 5.57 Å². The zero-order chi connectivity index (χ0) is 23.4. The summed E-state index contributed by atoms with van der Waals surface area (Å²) >= 11 is 6.30. The molecule has 3 heterocycles. The number of hydrogen-bond acceptors (Lipinski definition) is 4. The summed E-state index contributed by atoms with van der Waals surface area (Å²) < 4.78 is 56.2. The van der Waals surface area contributed by atoms with Crippen LogP contribution in [0.1, 0.15) is 33.7 Å². The average Bonchev–Trinajstić information content (AvgIpc) is 3.19. The number of carbonyl (C=O) groups is 1. The summed E-state index contributed by atoms with van der Waals surface area (Å²) in [4.78, 5) is 17.6. The molecule has 33 heavy (non-hydrogen) atoms. The molecule has 0 unspecified atom stereocenters. The molecule has 1 saturated heterocycles. The van der Waals surface area contributed by atoms with E-state index in [1.165, 1.54) is 16.6 Å². The summed E-state index contributed by atoms with van der Waals surface area (Å²) in [6.45, 7) is 0.622. The molecular formula is C23H17ClF4N4O. The molecule has 5 rings (SSSR count). The minimum Gasteiger partial charge on any atom is -0.291 e. The third-order valence-corrected chi connectivity index (χ3v) is 6.48. The predicted octanol–water partition coefficient (Wildman–Crippen LogP) is 5.09.